The molecule has 1 aromatic rings. The maximum Gasteiger partial charge on any atom is 0.323 e. The van der Waals surface area contributed by atoms with Crippen LogP contribution >= 0.6 is 0 Å². The van der Waals surface area contributed by atoms with E-state index < -0.39 is 0 Å². The Kier molecular flexibility index (Phi) is 4.82. The number of nitrogens with zero attached hydrogens (tertiary/aromatic N) is 5. The molecule has 21 heavy (non-hydrogen) atoms. The highest BCUT2D eigenvalue weighted by Crippen LogP contribution is 2.37. The van der Waals surface area contributed by atoms with Crippen molar-refractivity contribution >= 4 is 11.9 Å². The zero-order chi connectivity index (χ0) is 15.5. The molecular weight excluding hydrogens is 268 g/mol. The summed E-state index contributed by atoms with van der Waals surface area (Å²) in [7, 11) is 6.25. The van der Waals surface area contributed by atoms with E-state index in [-0.39, 0.29) is 11.5 Å². The first-order valence-corrected chi connectivity index (χ1v) is 7.50. The first-order chi connectivity index (χ1) is 9.97. The van der Waals surface area contributed by atoms with E-state index in [2.05, 4.69) is 33.9 Å². The minimum absolute atomic E-state index is 0.200. The SMILES string of the molecule is CCCOc1nc(N)nc(N(C)CC2(N(C)C)CCC2)n1. The summed E-state index contributed by atoms with van der Waals surface area (Å²) in [5.74, 6) is 0.771. The summed E-state index contributed by atoms with van der Waals surface area (Å²) in [6.45, 7) is 3.49. The van der Waals surface area contributed by atoms with Crippen LogP contribution in [-0.2, 0) is 0 Å². The Labute approximate surface area is 126 Å². The maximum atomic E-state index is 5.76. The zero-order valence-corrected chi connectivity index (χ0v) is 13.5. The van der Waals surface area contributed by atoms with Crippen molar-refractivity contribution in [1.29, 1.82) is 0 Å². The molecule has 1 saturated carbocycles. The molecule has 0 saturated heterocycles. The number of nitrogens with two attached hydrogens (primary N) is 1. The molecule has 0 bridgehead atoms. The van der Waals surface area contributed by atoms with Crippen LogP contribution in [0.25, 0.3) is 0 Å². The third kappa shape index (κ3) is 3.53. The molecule has 0 aromatic carbocycles. The van der Waals surface area contributed by atoms with E-state index in [0.29, 0.717) is 18.6 Å². The van der Waals surface area contributed by atoms with Gasteiger partial charge in [-0.2, -0.15) is 15.0 Å². The topological polar surface area (TPSA) is 80.4 Å². The van der Waals surface area contributed by atoms with Crippen LogP contribution in [0.4, 0.5) is 11.9 Å². The highest BCUT2D eigenvalue weighted by atomic mass is 16.5. The molecule has 2 rings (SSSR count). The number of nitrogen functional groups attached to an aromatic ring is 1. The van der Waals surface area contributed by atoms with Gasteiger partial charge >= 0.3 is 6.01 Å². The molecule has 7 nitrogen and oxygen atoms in total. The van der Waals surface area contributed by atoms with Gasteiger partial charge in [0.25, 0.3) is 0 Å². The molecule has 1 aromatic heterocycles. The highest BCUT2D eigenvalue weighted by Gasteiger charge is 2.40. The van der Waals surface area contributed by atoms with Gasteiger partial charge in [-0.1, -0.05) is 6.92 Å². The van der Waals surface area contributed by atoms with E-state index >= 15 is 0 Å². The number of likely N-dealkylation sites (N-methyl/N-ethyl adjacent to an activating group) is 2. The van der Waals surface area contributed by atoms with E-state index in [4.69, 9.17) is 10.5 Å². The number of aromatic nitrogens is 3. The molecule has 0 radical (unpaired) electrons. The number of rotatable bonds is 7. The van der Waals surface area contributed by atoms with E-state index in [1.165, 1.54) is 19.3 Å². The third-order valence-electron chi connectivity index (χ3n) is 4.16. The number of hydrogen-bond acceptors (Lipinski definition) is 7. The lowest BCUT2D eigenvalue weighted by Gasteiger charge is -2.49. The lowest BCUT2D eigenvalue weighted by atomic mass is 9.75. The van der Waals surface area contributed by atoms with Crippen LogP contribution in [-0.4, -0.2) is 59.7 Å². The Morgan fingerprint density at radius 1 is 1.19 bits per heavy atom. The van der Waals surface area contributed by atoms with Crippen molar-refractivity contribution in [2.45, 2.75) is 38.1 Å². The number of anilines is 2. The van der Waals surface area contributed by atoms with Gasteiger partial charge in [-0.25, -0.2) is 0 Å². The predicted molar refractivity (Wildman–Crippen MR) is 83.6 cm³/mol. The van der Waals surface area contributed by atoms with Crippen LogP contribution in [0.15, 0.2) is 0 Å². The molecule has 1 heterocycles. The lowest BCUT2D eigenvalue weighted by molar-refractivity contribution is 0.0680. The molecule has 1 fully saturated rings. The fraction of sp³-hybridized carbons (Fsp3) is 0.786. The normalized spacial score (nSPS) is 16.6. The molecule has 0 unspecified atom stereocenters. The molecule has 0 aliphatic heterocycles. The van der Waals surface area contributed by atoms with Gasteiger partial charge in [0.15, 0.2) is 0 Å². The van der Waals surface area contributed by atoms with Gasteiger partial charge in [-0.15, -0.1) is 0 Å². The maximum absolute atomic E-state index is 5.76. The Hall–Kier alpha value is -1.63. The standard InChI is InChI=1S/C14H26N6O/c1-5-9-21-13-17-11(15)16-12(18-13)20(4)10-14(19(2)3)7-6-8-14/h5-10H2,1-4H3,(H2,15,16,17,18). The Morgan fingerprint density at radius 3 is 2.43 bits per heavy atom. The molecule has 1 aliphatic rings. The summed E-state index contributed by atoms with van der Waals surface area (Å²) in [6.07, 6.45) is 4.57. The third-order valence-corrected chi connectivity index (χ3v) is 4.16. The molecule has 7 heteroatoms. The largest absolute Gasteiger partial charge is 0.463 e. The second-order valence-electron chi connectivity index (χ2n) is 5.95. The van der Waals surface area contributed by atoms with E-state index in [0.717, 1.165) is 13.0 Å². The molecule has 0 atom stereocenters. The van der Waals surface area contributed by atoms with Crippen molar-refractivity contribution in [3.05, 3.63) is 0 Å². The fourth-order valence-electron chi connectivity index (χ4n) is 2.63. The van der Waals surface area contributed by atoms with Crippen LogP contribution in [0.1, 0.15) is 32.6 Å². The van der Waals surface area contributed by atoms with Crippen LogP contribution < -0.4 is 15.4 Å². The molecule has 1 aliphatic carbocycles. The molecule has 118 valence electrons. The molecule has 0 amide bonds. The van der Waals surface area contributed by atoms with Crippen LogP contribution in [0.2, 0.25) is 0 Å². The van der Waals surface area contributed by atoms with Crippen molar-refractivity contribution in [2.75, 3.05) is 44.9 Å². The van der Waals surface area contributed by atoms with Gasteiger partial charge in [0.05, 0.1) is 6.61 Å². The lowest BCUT2D eigenvalue weighted by Crippen LogP contribution is -2.57. The van der Waals surface area contributed by atoms with Crippen LogP contribution in [0.3, 0.4) is 0 Å². The van der Waals surface area contributed by atoms with Crippen LogP contribution in [0.5, 0.6) is 6.01 Å². The Morgan fingerprint density at radius 2 is 1.90 bits per heavy atom. The quantitative estimate of drug-likeness (QED) is 0.808. The molecule has 2 N–H and O–H groups in total. The van der Waals surface area contributed by atoms with Crippen molar-refractivity contribution in [1.82, 2.24) is 19.9 Å². The zero-order valence-electron chi connectivity index (χ0n) is 13.5. The van der Waals surface area contributed by atoms with Crippen LogP contribution in [0, 0.1) is 0 Å². The Bertz CT molecular complexity index is 475. The smallest absolute Gasteiger partial charge is 0.323 e. The summed E-state index contributed by atoms with van der Waals surface area (Å²) in [4.78, 5) is 16.9. The van der Waals surface area contributed by atoms with Crippen molar-refractivity contribution in [3.63, 3.8) is 0 Å². The molecular formula is C14H26N6O. The minimum atomic E-state index is 0.200. The predicted octanol–water partition coefficient (Wildman–Crippen LogP) is 1.16. The fourth-order valence-corrected chi connectivity index (χ4v) is 2.63. The summed E-state index contributed by atoms with van der Waals surface area (Å²) in [5, 5.41) is 0. The van der Waals surface area contributed by atoms with E-state index in [9.17, 15) is 0 Å². The van der Waals surface area contributed by atoms with Crippen molar-refractivity contribution < 1.29 is 4.74 Å². The van der Waals surface area contributed by atoms with E-state index in [1.807, 2.05) is 18.9 Å². The monoisotopic (exact) mass is 294 g/mol. The van der Waals surface area contributed by atoms with Gasteiger partial charge < -0.3 is 20.3 Å². The highest BCUT2D eigenvalue weighted by molar-refractivity contribution is 5.36. The van der Waals surface area contributed by atoms with Crippen molar-refractivity contribution in [2.24, 2.45) is 0 Å². The summed E-state index contributed by atoms with van der Waals surface area (Å²) in [6, 6.07) is 0.304. The van der Waals surface area contributed by atoms with Gasteiger partial charge in [-0.3, -0.25) is 0 Å². The average molecular weight is 294 g/mol. The minimum Gasteiger partial charge on any atom is -0.463 e. The number of ether oxygens (including phenoxy) is 1. The summed E-state index contributed by atoms with van der Waals surface area (Å²) in [5.41, 5.74) is 5.97. The van der Waals surface area contributed by atoms with E-state index in [1.54, 1.807) is 0 Å². The van der Waals surface area contributed by atoms with Crippen molar-refractivity contribution in [3.8, 4) is 6.01 Å². The first-order valence-electron chi connectivity index (χ1n) is 7.50. The van der Waals surface area contributed by atoms with Gasteiger partial charge in [-0.05, 0) is 39.8 Å². The second kappa shape index (κ2) is 6.43. The van der Waals surface area contributed by atoms with Gasteiger partial charge in [0, 0.05) is 19.1 Å². The Balaban J connectivity index is 2.11. The van der Waals surface area contributed by atoms with Gasteiger partial charge in [0.1, 0.15) is 0 Å². The average Bonchev–Trinajstić information content (AvgIpc) is 2.39. The molecule has 0 spiro atoms. The summed E-state index contributed by atoms with van der Waals surface area (Å²) >= 11 is 0. The summed E-state index contributed by atoms with van der Waals surface area (Å²) < 4.78 is 5.47. The van der Waals surface area contributed by atoms with Gasteiger partial charge in [0.2, 0.25) is 11.9 Å². The first kappa shape index (κ1) is 15.8. The number of hydrogen-bond donors (Lipinski definition) is 1. The second-order valence-corrected chi connectivity index (χ2v) is 5.95.